The van der Waals surface area contributed by atoms with Gasteiger partial charge in [0.25, 0.3) is 5.91 Å². The van der Waals surface area contributed by atoms with Gasteiger partial charge in [-0.1, -0.05) is 0 Å². The molecule has 140 valence electrons. The summed E-state index contributed by atoms with van der Waals surface area (Å²) in [4.78, 5) is 20.8. The molecule has 0 bridgehead atoms. The van der Waals surface area contributed by atoms with Crippen LogP contribution in [-0.4, -0.2) is 36.9 Å². The van der Waals surface area contributed by atoms with Crippen molar-refractivity contribution >= 4 is 23.2 Å². The fourth-order valence-electron chi connectivity index (χ4n) is 2.93. The smallest absolute Gasteiger partial charge is 0.271 e. The van der Waals surface area contributed by atoms with Crippen LogP contribution in [0.15, 0.2) is 29.5 Å². The number of aryl methyl sites for hydroxylation is 3. The lowest BCUT2D eigenvalue weighted by Gasteiger charge is -2.07. The van der Waals surface area contributed by atoms with Crippen LogP contribution in [0.3, 0.4) is 0 Å². The van der Waals surface area contributed by atoms with E-state index in [1.165, 1.54) is 12.4 Å². The molecule has 3 rings (SSSR count). The molecule has 0 aliphatic heterocycles. The Labute approximate surface area is 156 Å². The first-order valence-electron chi connectivity index (χ1n) is 8.54. The van der Waals surface area contributed by atoms with Crippen molar-refractivity contribution in [1.82, 2.24) is 20.0 Å². The van der Waals surface area contributed by atoms with E-state index in [4.69, 9.17) is 0 Å². The molecule has 0 saturated heterocycles. The third kappa shape index (κ3) is 3.52. The number of amides is 1. The Kier molecular flexibility index (Phi) is 5.18. The van der Waals surface area contributed by atoms with E-state index in [2.05, 4.69) is 25.1 Å². The number of aliphatic hydroxyl groups excluding tert-OH is 1. The van der Waals surface area contributed by atoms with Crippen molar-refractivity contribution in [1.29, 1.82) is 0 Å². The second-order valence-electron chi connectivity index (χ2n) is 6.10. The van der Waals surface area contributed by atoms with Gasteiger partial charge >= 0.3 is 0 Å². The van der Waals surface area contributed by atoms with Gasteiger partial charge in [0.1, 0.15) is 11.6 Å². The molecule has 8 nitrogen and oxygen atoms in total. The molecule has 3 aromatic rings. The number of imidazole rings is 1. The molecule has 27 heavy (non-hydrogen) atoms. The van der Waals surface area contributed by atoms with Crippen molar-refractivity contribution in [2.24, 2.45) is 5.10 Å². The van der Waals surface area contributed by atoms with Crippen molar-refractivity contribution in [3.8, 4) is 5.75 Å². The maximum absolute atomic E-state index is 12.4. The molecule has 0 spiro atoms. The lowest BCUT2D eigenvalue weighted by atomic mass is 10.1. The number of pyridine rings is 1. The van der Waals surface area contributed by atoms with Crippen LogP contribution in [0.25, 0.3) is 11.0 Å². The summed E-state index contributed by atoms with van der Waals surface area (Å²) in [5.41, 5.74) is 5.72. The van der Waals surface area contributed by atoms with Crippen LogP contribution in [0.1, 0.15) is 39.9 Å². The number of carbonyl (C=O) groups excluding carboxylic acids is 1. The molecule has 2 aromatic heterocycles. The van der Waals surface area contributed by atoms with E-state index in [-0.39, 0.29) is 12.4 Å². The summed E-state index contributed by atoms with van der Waals surface area (Å²) >= 11 is 0. The number of hydrogen-bond acceptors (Lipinski definition) is 6. The fraction of sp³-hybridized carbons (Fsp3) is 0.263. The van der Waals surface area contributed by atoms with E-state index in [0.29, 0.717) is 22.4 Å². The van der Waals surface area contributed by atoms with Crippen LogP contribution in [0.2, 0.25) is 0 Å². The SMILES string of the molecule is CCn1c(C)nc2cc(C(=O)N/N=C/c3c(CO)cnc(C)c3O)ccc21. The van der Waals surface area contributed by atoms with Crippen molar-refractivity contribution in [2.75, 3.05) is 0 Å². The Bertz CT molecular complexity index is 1040. The normalized spacial score (nSPS) is 11.4. The molecule has 2 heterocycles. The molecule has 0 unspecified atom stereocenters. The maximum atomic E-state index is 12.4. The minimum Gasteiger partial charge on any atom is -0.505 e. The van der Waals surface area contributed by atoms with Gasteiger partial charge in [-0.2, -0.15) is 5.10 Å². The van der Waals surface area contributed by atoms with Gasteiger partial charge in [-0.25, -0.2) is 10.4 Å². The summed E-state index contributed by atoms with van der Waals surface area (Å²) in [5.74, 6) is 0.414. The van der Waals surface area contributed by atoms with Gasteiger partial charge in [0, 0.05) is 29.4 Å². The van der Waals surface area contributed by atoms with E-state index in [1.54, 1.807) is 19.1 Å². The predicted molar refractivity (Wildman–Crippen MR) is 102 cm³/mol. The quantitative estimate of drug-likeness (QED) is 0.472. The number of fused-ring (bicyclic) bond motifs is 1. The molecule has 8 heteroatoms. The molecular weight excluding hydrogens is 346 g/mol. The third-order valence-corrected chi connectivity index (χ3v) is 4.41. The largest absolute Gasteiger partial charge is 0.505 e. The average molecular weight is 367 g/mol. The number of aliphatic hydroxyl groups is 1. The first kappa shape index (κ1) is 18.5. The lowest BCUT2D eigenvalue weighted by molar-refractivity contribution is 0.0955. The fourth-order valence-corrected chi connectivity index (χ4v) is 2.93. The number of hydrazone groups is 1. The molecule has 0 radical (unpaired) electrons. The standard InChI is InChI=1S/C19H21N5O3/c1-4-24-12(3)22-16-7-13(5-6-17(16)24)19(27)23-21-9-15-14(10-25)8-20-11(2)18(15)26/h5-9,25-26H,4,10H2,1-3H3,(H,23,27)/b21-9+. The van der Waals surface area contributed by atoms with Crippen LogP contribution in [0.4, 0.5) is 0 Å². The van der Waals surface area contributed by atoms with E-state index in [0.717, 1.165) is 23.4 Å². The van der Waals surface area contributed by atoms with E-state index >= 15 is 0 Å². The second kappa shape index (κ2) is 7.55. The summed E-state index contributed by atoms with van der Waals surface area (Å²) in [6.07, 6.45) is 2.75. The van der Waals surface area contributed by atoms with Gasteiger partial charge in [-0.3, -0.25) is 9.78 Å². The van der Waals surface area contributed by atoms with Crippen molar-refractivity contribution < 1.29 is 15.0 Å². The van der Waals surface area contributed by atoms with Crippen LogP contribution in [0.5, 0.6) is 5.75 Å². The van der Waals surface area contributed by atoms with Crippen LogP contribution >= 0.6 is 0 Å². The molecule has 0 aliphatic carbocycles. The molecule has 0 saturated carbocycles. The monoisotopic (exact) mass is 367 g/mol. The first-order valence-corrected chi connectivity index (χ1v) is 8.54. The number of hydrogen-bond donors (Lipinski definition) is 3. The van der Waals surface area contributed by atoms with Gasteiger partial charge in [0.05, 0.1) is 29.5 Å². The third-order valence-electron chi connectivity index (χ3n) is 4.41. The summed E-state index contributed by atoms with van der Waals surface area (Å²) < 4.78 is 2.07. The second-order valence-corrected chi connectivity index (χ2v) is 6.10. The topological polar surface area (TPSA) is 113 Å². The highest BCUT2D eigenvalue weighted by molar-refractivity contribution is 5.98. The number of aromatic hydroxyl groups is 1. The van der Waals surface area contributed by atoms with Crippen molar-refractivity contribution in [3.05, 3.63) is 52.6 Å². The van der Waals surface area contributed by atoms with E-state index < -0.39 is 5.91 Å². The summed E-state index contributed by atoms with van der Waals surface area (Å²) in [6, 6.07) is 5.29. The molecular formula is C19H21N5O3. The zero-order valence-corrected chi connectivity index (χ0v) is 15.4. The number of carbonyl (C=O) groups is 1. The highest BCUT2D eigenvalue weighted by Crippen LogP contribution is 2.22. The van der Waals surface area contributed by atoms with Gasteiger partial charge in [0.15, 0.2) is 0 Å². The highest BCUT2D eigenvalue weighted by atomic mass is 16.3. The molecule has 0 atom stereocenters. The van der Waals surface area contributed by atoms with Gasteiger partial charge in [-0.05, 0) is 39.0 Å². The zero-order chi connectivity index (χ0) is 19.6. The number of aromatic nitrogens is 3. The van der Waals surface area contributed by atoms with Crippen LogP contribution < -0.4 is 5.43 Å². The van der Waals surface area contributed by atoms with E-state index in [9.17, 15) is 15.0 Å². The average Bonchev–Trinajstić information content (AvgIpc) is 2.99. The molecule has 0 aliphatic rings. The van der Waals surface area contributed by atoms with Gasteiger partial charge in [-0.15, -0.1) is 0 Å². The lowest BCUT2D eigenvalue weighted by Crippen LogP contribution is -2.17. The Balaban J connectivity index is 1.81. The summed E-state index contributed by atoms with van der Waals surface area (Å²) in [5, 5.41) is 23.3. The minimum absolute atomic E-state index is 0.0819. The Morgan fingerprint density at radius 3 is 2.85 bits per heavy atom. The van der Waals surface area contributed by atoms with Crippen LogP contribution in [-0.2, 0) is 13.2 Å². The Morgan fingerprint density at radius 1 is 1.37 bits per heavy atom. The first-order chi connectivity index (χ1) is 13.0. The highest BCUT2D eigenvalue weighted by Gasteiger charge is 2.12. The van der Waals surface area contributed by atoms with Crippen molar-refractivity contribution in [2.45, 2.75) is 33.9 Å². The summed E-state index contributed by atoms with van der Waals surface area (Å²) in [6.45, 7) is 6.11. The molecule has 3 N–H and O–H groups in total. The van der Waals surface area contributed by atoms with Crippen molar-refractivity contribution in [3.63, 3.8) is 0 Å². The minimum atomic E-state index is -0.396. The Morgan fingerprint density at radius 2 is 2.15 bits per heavy atom. The summed E-state index contributed by atoms with van der Waals surface area (Å²) in [7, 11) is 0. The Hall–Kier alpha value is -3.26. The number of nitrogens with one attached hydrogen (secondary N) is 1. The number of rotatable bonds is 5. The van der Waals surface area contributed by atoms with E-state index in [1.807, 2.05) is 19.9 Å². The van der Waals surface area contributed by atoms with Crippen LogP contribution in [0, 0.1) is 13.8 Å². The van der Waals surface area contributed by atoms with Gasteiger partial charge < -0.3 is 14.8 Å². The maximum Gasteiger partial charge on any atom is 0.271 e. The molecule has 1 amide bonds. The molecule has 1 aromatic carbocycles. The van der Waals surface area contributed by atoms with Gasteiger partial charge in [0.2, 0.25) is 0 Å². The number of benzene rings is 1. The number of nitrogens with zero attached hydrogens (tertiary/aromatic N) is 4. The zero-order valence-electron chi connectivity index (χ0n) is 15.4. The predicted octanol–water partition coefficient (Wildman–Crippen LogP) is 2.03. The molecule has 0 fully saturated rings.